The molecular weight excluding hydrogens is 374 g/mol. The number of aromatic nitrogens is 5. The van der Waals surface area contributed by atoms with Crippen molar-refractivity contribution in [2.75, 3.05) is 32.2 Å². The van der Waals surface area contributed by atoms with Crippen molar-refractivity contribution < 1.29 is 18.3 Å². The molecule has 0 radical (unpaired) electrons. The first-order valence-corrected chi connectivity index (χ1v) is 9.18. The SMILES string of the molecule is [2H]C([2H])([2H])n1cc(Nc2ncc3cc(C#N)n([C@@H](C)COC)c3n2)c(O[C@@H]2CCOC2)n1. The number of anilines is 2. The number of ether oxygens (including phenoxy) is 3. The second-order valence-electron chi connectivity index (χ2n) is 6.81. The first kappa shape index (κ1) is 15.7. The number of nitrogens with one attached hydrogen (secondary N) is 1. The largest absolute Gasteiger partial charge is 0.469 e. The van der Waals surface area contributed by atoms with Gasteiger partial charge < -0.3 is 24.1 Å². The molecule has 10 heteroatoms. The molecule has 2 atom stereocenters. The molecule has 4 rings (SSSR count). The van der Waals surface area contributed by atoms with Crippen molar-refractivity contribution >= 4 is 22.7 Å². The highest BCUT2D eigenvalue weighted by atomic mass is 16.6. The highest BCUT2D eigenvalue weighted by molar-refractivity contribution is 5.79. The Kier molecular flexibility index (Phi) is 4.37. The maximum atomic E-state index is 9.53. The van der Waals surface area contributed by atoms with E-state index < -0.39 is 6.98 Å². The van der Waals surface area contributed by atoms with Crippen LogP contribution in [0.2, 0.25) is 0 Å². The molecule has 3 aromatic rings. The van der Waals surface area contributed by atoms with E-state index in [2.05, 4.69) is 26.5 Å². The Hall–Kier alpha value is -3.16. The van der Waals surface area contributed by atoms with Gasteiger partial charge in [-0.2, -0.15) is 10.2 Å². The van der Waals surface area contributed by atoms with Gasteiger partial charge in [-0.15, -0.1) is 5.10 Å². The number of nitriles is 1. The molecule has 0 spiro atoms. The molecular formula is C19H23N7O3. The van der Waals surface area contributed by atoms with Gasteiger partial charge >= 0.3 is 0 Å². The van der Waals surface area contributed by atoms with E-state index in [4.69, 9.17) is 18.3 Å². The fraction of sp³-hybridized carbons (Fsp3) is 0.474. The predicted octanol–water partition coefficient (Wildman–Crippen LogP) is 2.16. The van der Waals surface area contributed by atoms with Crippen LogP contribution in [0.15, 0.2) is 18.5 Å². The van der Waals surface area contributed by atoms with E-state index >= 15 is 0 Å². The van der Waals surface area contributed by atoms with E-state index in [0.717, 1.165) is 4.68 Å². The van der Waals surface area contributed by atoms with E-state index in [1.54, 1.807) is 23.9 Å². The summed E-state index contributed by atoms with van der Waals surface area (Å²) in [6.07, 6.45) is 3.40. The van der Waals surface area contributed by atoms with Crippen LogP contribution in [0.5, 0.6) is 5.88 Å². The van der Waals surface area contributed by atoms with Gasteiger partial charge in [-0.1, -0.05) is 0 Å². The van der Waals surface area contributed by atoms with Crippen LogP contribution in [0.4, 0.5) is 11.6 Å². The Morgan fingerprint density at radius 3 is 3.17 bits per heavy atom. The fourth-order valence-corrected chi connectivity index (χ4v) is 3.33. The third-order valence-electron chi connectivity index (χ3n) is 4.63. The molecule has 1 aliphatic heterocycles. The minimum atomic E-state index is -2.47. The molecule has 4 heterocycles. The Morgan fingerprint density at radius 1 is 1.55 bits per heavy atom. The monoisotopic (exact) mass is 400 g/mol. The lowest BCUT2D eigenvalue weighted by atomic mass is 10.3. The van der Waals surface area contributed by atoms with Gasteiger partial charge in [0.05, 0.1) is 32.1 Å². The average Bonchev–Trinajstić information content (AvgIpc) is 3.47. The summed E-state index contributed by atoms with van der Waals surface area (Å²) in [5, 5.41) is 17.3. The smallest absolute Gasteiger partial charge is 0.257 e. The van der Waals surface area contributed by atoms with Gasteiger partial charge in [0.2, 0.25) is 5.95 Å². The lowest BCUT2D eigenvalue weighted by Crippen LogP contribution is -2.16. The topological polar surface area (TPSA) is 112 Å². The minimum absolute atomic E-state index is 0.126. The Morgan fingerprint density at radius 2 is 2.45 bits per heavy atom. The van der Waals surface area contributed by atoms with Crippen LogP contribution in [-0.4, -0.2) is 57.3 Å². The summed E-state index contributed by atoms with van der Waals surface area (Å²) in [5.74, 6) is 0.338. The number of methoxy groups -OCH3 is 1. The van der Waals surface area contributed by atoms with Crippen LogP contribution >= 0.6 is 0 Å². The van der Waals surface area contributed by atoms with E-state index in [-0.39, 0.29) is 24.0 Å². The number of fused-ring (bicyclic) bond motifs is 1. The van der Waals surface area contributed by atoms with Gasteiger partial charge in [0.1, 0.15) is 29.2 Å². The molecule has 1 saturated heterocycles. The molecule has 1 fully saturated rings. The Labute approximate surface area is 172 Å². The van der Waals surface area contributed by atoms with Gasteiger partial charge in [0.15, 0.2) is 0 Å². The Balaban J connectivity index is 1.70. The zero-order chi connectivity index (χ0) is 22.9. The summed E-state index contributed by atoms with van der Waals surface area (Å²) in [4.78, 5) is 8.87. The molecule has 29 heavy (non-hydrogen) atoms. The van der Waals surface area contributed by atoms with E-state index in [0.29, 0.717) is 48.7 Å². The van der Waals surface area contributed by atoms with E-state index in [1.807, 2.05) is 6.92 Å². The second-order valence-corrected chi connectivity index (χ2v) is 6.81. The lowest BCUT2D eigenvalue weighted by molar-refractivity contribution is 0.138. The van der Waals surface area contributed by atoms with Crippen LogP contribution in [-0.2, 0) is 16.4 Å². The molecule has 0 aromatic carbocycles. The van der Waals surface area contributed by atoms with Crippen LogP contribution < -0.4 is 10.1 Å². The number of aryl methyl sites for hydroxylation is 1. The van der Waals surface area contributed by atoms with Crippen molar-refractivity contribution in [1.29, 1.82) is 5.26 Å². The lowest BCUT2D eigenvalue weighted by Gasteiger charge is -2.15. The average molecular weight is 400 g/mol. The quantitative estimate of drug-likeness (QED) is 0.642. The fourth-order valence-electron chi connectivity index (χ4n) is 3.33. The summed E-state index contributed by atoms with van der Waals surface area (Å²) >= 11 is 0. The van der Waals surface area contributed by atoms with Crippen LogP contribution in [0.1, 0.15) is 29.2 Å². The third kappa shape index (κ3) is 3.87. The van der Waals surface area contributed by atoms with Crippen LogP contribution in [0.25, 0.3) is 11.0 Å². The van der Waals surface area contributed by atoms with Crippen molar-refractivity contribution in [3.8, 4) is 11.9 Å². The molecule has 0 amide bonds. The molecule has 0 aliphatic carbocycles. The molecule has 10 nitrogen and oxygen atoms in total. The maximum Gasteiger partial charge on any atom is 0.257 e. The van der Waals surface area contributed by atoms with Crippen LogP contribution in [0, 0.1) is 11.3 Å². The normalized spacial score (nSPS) is 19.3. The van der Waals surface area contributed by atoms with Crippen LogP contribution in [0.3, 0.4) is 0 Å². The van der Waals surface area contributed by atoms with E-state index in [9.17, 15) is 5.26 Å². The molecule has 0 saturated carbocycles. The first-order chi connectivity index (χ1) is 15.3. The Bertz CT molecular complexity index is 1150. The molecule has 3 aromatic heterocycles. The summed E-state index contributed by atoms with van der Waals surface area (Å²) in [6, 6.07) is 3.76. The van der Waals surface area contributed by atoms with Crippen molar-refractivity contribution in [2.24, 2.45) is 6.98 Å². The summed E-state index contributed by atoms with van der Waals surface area (Å²) in [5.41, 5.74) is 1.31. The molecule has 0 bridgehead atoms. The molecule has 152 valence electrons. The van der Waals surface area contributed by atoms with Gasteiger partial charge in [0, 0.05) is 36.2 Å². The summed E-state index contributed by atoms with van der Waals surface area (Å²) in [6.45, 7) is 0.837. The summed E-state index contributed by atoms with van der Waals surface area (Å²) < 4.78 is 42.0. The minimum Gasteiger partial charge on any atom is -0.469 e. The third-order valence-corrected chi connectivity index (χ3v) is 4.63. The zero-order valence-electron chi connectivity index (χ0n) is 19.1. The number of rotatable bonds is 7. The first-order valence-electron chi connectivity index (χ1n) is 10.7. The van der Waals surface area contributed by atoms with Crippen molar-refractivity contribution in [2.45, 2.75) is 25.5 Å². The van der Waals surface area contributed by atoms with Gasteiger partial charge in [-0.3, -0.25) is 4.68 Å². The van der Waals surface area contributed by atoms with Gasteiger partial charge in [-0.25, -0.2) is 4.98 Å². The molecule has 1 aliphatic rings. The number of hydrogen-bond donors (Lipinski definition) is 1. The highest BCUT2D eigenvalue weighted by Crippen LogP contribution is 2.28. The number of hydrogen-bond acceptors (Lipinski definition) is 8. The highest BCUT2D eigenvalue weighted by Gasteiger charge is 2.22. The maximum absolute atomic E-state index is 9.53. The van der Waals surface area contributed by atoms with Crippen molar-refractivity contribution in [3.63, 3.8) is 0 Å². The predicted molar refractivity (Wildman–Crippen MR) is 105 cm³/mol. The standard InChI is InChI=1S/C19H23N7O3/c1-12(10-27-3)26-14(7-20)6-13-8-21-19(23-17(13)26)22-16-9-25(2)24-18(16)29-15-4-5-28-11-15/h6,8-9,12,15H,4-5,10-11H2,1-3H3,(H,21,22,23)/t12-,15+/m0/s1/i2D3. The second kappa shape index (κ2) is 8.06. The van der Waals surface area contributed by atoms with Crippen molar-refractivity contribution in [1.82, 2.24) is 24.3 Å². The van der Waals surface area contributed by atoms with Gasteiger partial charge in [-0.05, 0) is 13.0 Å². The summed E-state index contributed by atoms with van der Waals surface area (Å²) in [7, 11) is 1.59. The number of nitrogens with zero attached hydrogens (tertiary/aromatic N) is 6. The zero-order valence-corrected chi connectivity index (χ0v) is 16.1. The molecule has 0 unspecified atom stereocenters. The molecule has 1 N–H and O–H groups in total. The van der Waals surface area contributed by atoms with Gasteiger partial charge in [0.25, 0.3) is 5.88 Å². The van der Waals surface area contributed by atoms with Crippen molar-refractivity contribution in [3.05, 3.63) is 24.2 Å². The van der Waals surface area contributed by atoms with E-state index in [1.165, 1.54) is 6.20 Å².